The van der Waals surface area contributed by atoms with Gasteiger partial charge in [0, 0.05) is 36.2 Å². The van der Waals surface area contributed by atoms with Crippen LogP contribution in [0.1, 0.15) is 40.7 Å². The average molecular weight is 543 g/mol. The highest BCUT2D eigenvalue weighted by Crippen LogP contribution is 2.52. The van der Waals surface area contributed by atoms with Crippen LogP contribution in [-0.4, -0.2) is 43.9 Å². The van der Waals surface area contributed by atoms with E-state index in [0.717, 1.165) is 31.4 Å². The first-order valence-electron chi connectivity index (χ1n) is 12.7. The summed E-state index contributed by atoms with van der Waals surface area (Å²) in [5.74, 6) is -2.16. The molecule has 3 aromatic rings. The molecule has 2 atom stereocenters. The van der Waals surface area contributed by atoms with E-state index in [4.69, 9.17) is 21.1 Å². The van der Waals surface area contributed by atoms with Crippen LogP contribution in [-0.2, 0) is 12.0 Å². The van der Waals surface area contributed by atoms with Gasteiger partial charge in [0.1, 0.15) is 18.2 Å². The molecule has 1 fully saturated rings. The Balaban J connectivity index is 1.74. The van der Waals surface area contributed by atoms with Crippen molar-refractivity contribution in [3.8, 4) is 22.6 Å². The Morgan fingerprint density at radius 3 is 2.68 bits per heavy atom. The lowest BCUT2D eigenvalue weighted by atomic mass is 9.78. The number of benzene rings is 3. The van der Waals surface area contributed by atoms with Gasteiger partial charge in [-0.2, -0.15) is 0 Å². The molecule has 0 saturated carbocycles. The van der Waals surface area contributed by atoms with Crippen LogP contribution in [0, 0.1) is 11.6 Å². The molecule has 0 spiro atoms. The Morgan fingerprint density at radius 2 is 2.00 bits per heavy atom. The van der Waals surface area contributed by atoms with Crippen molar-refractivity contribution >= 4 is 17.5 Å². The molecule has 1 saturated heterocycles. The fourth-order valence-electron chi connectivity index (χ4n) is 5.58. The number of aliphatic hydroxyl groups is 1. The first-order chi connectivity index (χ1) is 18.4. The lowest BCUT2D eigenvalue weighted by Crippen LogP contribution is -2.53. The molecule has 3 N–H and O–H groups in total. The Morgan fingerprint density at radius 1 is 1.21 bits per heavy atom. The molecule has 0 aliphatic carbocycles. The average Bonchev–Trinajstić information content (AvgIpc) is 3.34. The number of piperidine rings is 1. The van der Waals surface area contributed by atoms with Gasteiger partial charge >= 0.3 is 0 Å². The predicted molar refractivity (Wildman–Crippen MR) is 141 cm³/mol. The van der Waals surface area contributed by atoms with Crippen molar-refractivity contribution in [2.45, 2.75) is 37.3 Å². The van der Waals surface area contributed by atoms with E-state index in [0.29, 0.717) is 5.56 Å². The van der Waals surface area contributed by atoms with Gasteiger partial charge in [-0.25, -0.2) is 8.78 Å². The molecular formula is C29H29ClF2N2O4. The van der Waals surface area contributed by atoms with Gasteiger partial charge in [-0.1, -0.05) is 48.4 Å². The highest BCUT2D eigenvalue weighted by molar-refractivity contribution is 6.34. The van der Waals surface area contributed by atoms with Gasteiger partial charge in [0.05, 0.1) is 23.2 Å². The highest BCUT2D eigenvalue weighted by Gasteiger charge is 2.49. The van der Waals surface area contributed by atoms with Gasteiger partial charge < -0.3 is 25.2 Å². The largest absolute Gasteiger partial charge is 0.488 e. The number of fused-ring (bicyclic) bond motifs is 1. The second-order valence-electron chi connectivity index (χ2n) is 9.51. The summed E-state index contributed by atoms with van der Waals surface area (Å²) in [6.45, 7) is 0.336. The van der Waals surface area contributed by atoms with Crippen LogP contribution in [0.4, 0.5) is 8.78 Å². The van der Waals surface area contributed by atoms with Crippen LogP contribution in [0.3, 0.4) is 0 Å². The van der Waals surface area contributed by atoms with Crippen molar-refractivity contribution in [1.82, 2.24) is 10.6 Å². The molecule has 0 bridgehead atoms. The van der Waals surface area contributed by atoms with Gasteiger partial charge in [-0.15, -0.1) is 0 Å². The normalized spacial score (nSPS) is 20.5. The Hall–Kier alpha value is -3.20. The monoisotopic (exact) mass is 542 g/mol. The Kier molecular flexibility index (Phi) is 7.56. The number of aliphatic hydroxyl groups excluding tert-OH is 1. The molecule has 2 aliphatic heterocycles. The number of halogens is 3. The first kappa shape index (κ1) is 26.4. The maximum Gasteiger partial charge on any atom is 0.251 e. The van der Waals surface area contributed by atoms with Crippen molar-refractivity contribution in [1.29, 1.82) is 0 Å². The van der Waals surface area contributed by atoms with Crippen LogP contribution in [0.5, 0.6) is 11.5 Å². The molecule has 0 aromatic heterocycles. The number of ether oxygens (including phenoxy) is 2. The number of hydrogen-bond donors (Lipinski definition) is 3. The molecule has 2 heterocycles. The number of hydrogen-bond acceptors (Lipinski definition) is 5. The third-order valence-corrected chi connectivity index (χ3v) is 7.70. The fraction of sp³-hybridized carbons (Fsp3) is 0.345. The minimum atomic E-state index is -0.884. The SMILES string of the molecule is CNC(=O)c1ccc(OCCO)c(F)c1-c1c(Cl)c(F)cc2c1CC(c1ccccc1)([C@@H]1CCCCN1)O2. The molecule has 200 valence electrons. The van der Waals surface area contributed by atoms with Crippen LogP contribution >= 0.6 is 11.6 Å². The summed E-state index contributed by atoms with van der Waals surface area (Å²) >= 11 is 6.56. The van der Waals surface area contributed by atoms with E-state index in [-0.39, 0.29) is 58.9 Å². The first-order valence-corrected chi connectivity index (χ1v) is 13.1. The summed E-state index contributed by atoms with van der Waals surface area (Å²) in [6.07, 6.45) is 3.18. The zero-order valence-corrected chi connectivity index (χ0v) is 21.7. The van der Waals surface area contributed by atoms with Crippen LogP contribution in [0.15, 0.2) is 48.5 Å². The molecule has 1 amide bonds. The minimum Gasteiger partial charge on any atom is -0.488 e. The molecule has 6 nitrogen and oxygen atoms in total. The van der Waals surface area contributed by atoms with Gasteiger partial charge in [0.25, 0.3) is 5.91 Å². The van der Waals surface area contributed by atoms with Crippen molar-refractivity contribution < 1.29 is 28.2 Å². The zero-order valence-electron chi connectivity index (χ0n) is 21.0. The molecule has 38 heavy (non-hydrogen) atoms. The molecular weight excluding hydrogens is 514 g/mol. The summed E-state index contributed by atoms with van der Waals surface area (Å²) in [5, 5.41) is 15.0. The third-order valence-electron chi connectivity index (χ3n) is 7.33. The molecule has 0 radical (unpaired) electrons. The molecule has 3 aromatic carbocycles. The van der Waals surface area contributed by atoms with E-state index in [2.05, 4.69) is 10.6 Å². The van der Waals surface area contributed by atoms with Crippen molar-refractivity contribution in [3.05, 3.63) is 81.9 Å². The lowest BCUT2D eigenvalue weighted by Gasteiger charge is -2.40. The Labute approximate surface area is 224 Å². The summed E-state index contributed by atoms with van der Waals surface area (Å²) in [7, 11) is 1.43. The van der Waals surface area contributed by atoms with E-state index in [1.807, 2.05) is 30.3 Å². The van der Waals surface area contributed by atoms with Crippen LogP contribution in [0.25, 0.3) is 11.1 Å². The van der Waals surface area contributed by atoms with Crippen LogP contribution in [0.2, 0.25) is 5.02 Å². The van der Waals surface area contributed by atoms with E-state index in [1.54, 1.807) is 0 Å². The summed E-state index contributed by atoms with van der Waals surface area (Å²) in [5.41, 5.74) is 0.389. The maximum atomic E-state index is 16.1. The molecule has 9 heteroatoms. The standard InChI is InChI=1S/C29H29ClF2N2O4/c1-33-28(36)18-10-11-21(37-14-13-35)27(32)25(18)24-19-16-29(17-7-3-2-4-8-17,23-9-5-6-12-34-23)38-22(19)15-20(31)26(24)30/h2-4,7-8,10-11,15,23,34-35H,5-6,9,12-14,16H2,1H3,(H,33,36)/t23-,29?/m0/s1. The quantitative estimate of drug-likeness (QED) is 0.392. The number of amides is 1. The minimum absolute atomic E-state index is 0.0240. The smallest absolute Gasteiger partial charge is 0.251 e. The number of carbonyl (C=O) groups excluding carboxylic acids is 1. The second-order valence-corrected chi connectivity index (χ2v) is 9.89. The van der Waals surface area contributed by atoms with E-state index in [1.165, 1.54) is 25.2 Å². The highest BCUT2D eigenvalue weighted by atomic mass is 35.5. The van der Waals surface area contributed by atoms with Crippen LogP contribution < -0.4 is 20.1 Å². The maximum absolute atomic E-state index is 16.1. The van der Waals surface area contributed by atoms with E-state index in [9.17, 15) is 9.90 Å². The number of carbonyl (C=O) groups is 1. The fourth-order valence-corrected chi connectivity index (χ4v) is 5.84. The van der Waals surface area contributed by atoms with Gasteiger partial charge in [-0.05, 0) is 37.1 Å². The molecule has 2 aliphatic rings. The Bertz CT molecular complexity index is 1350. The molecule has 1 unspecified atom stereocenters. The summed E-state index contributed by atoms with van der Waals surface area (Å²) < 4.78 is 43.4. The molecule has 5 rings (SSSR count). The predicted octanol–water partition coefficient (Wildman–Crippen LogP) is 4.99. The van der Waals surface area contributed by atoms with Crippen molar-refractivity contribution in [3.63, 3.8) is 0 Å². The lowest BCUT2D eigenvalue weighted by molar-refractivity contribution is 0.0352. The van der Waals surface area contributed by atoms with Crippen molar-refractivity contribution in [2.75, 3.05) is 26.8 Å². The van der Waals surface area contributed by atoms with Gasteiger partial charge in [0.15, 0.2) is 17.2 Å². The van der Waals surface area contributed by atoms with Gasteiger partial charge in [-0.3, -0.25) is 4.79 Å². The summed E-state index contributed by atoms with van der Waals surface area (Å²) in [4.78, 5) is 12.8. The second kappa shape index (κ2) is 10.9. The third kappa shape index (κ3) is 4.51. The summed E-state index contributed by atoms with van der Waals surface area (Å²) in [6, 6.07) is 13.6. The van der Waals surface area contributed by atoms with Crippen molar-refractivity contribution in [2.24, 2.45) is 0 Å². The number of nitrogens with one attached hydrogen (secondary N) is 2. The van der Waals surface area contributed by atoms with Gasteiger partial charge in [0.2, 0.25) is 0 Å². The number of rotatable bonds is 7. The van der Waals surface area contributed by atoms with E-state index < -0.39 is 23.1 Å². The van der Waals surface area contributed by atoms with E-state index >= 15 is 8.78 Å². The topological polar surface area (TPSA) is 79.8 Å². The zero-order chi connectivity index (χ0) is 26.9.